The maximum atomic E-state index is 12.8. The van der Waals surface area contributed by atoms with Gasteiger partial charge < -0.3 is 20.3 Å². The van der Waals surface area contributed by atoms with Gasteiger partial charge in [0.2, 0.25) is 5.91 Å². The van der Waals surface area contributed by atoms with Gasteiger partial charge >= 0.3 is 0 Å². The standard InChI is InChI=1S/C24H38N4O2S/c1-4-25-24(26-17-19-6-11-22(30-5-2)18(3)16-19)27-21-9-7-20(8-10-21)23(29)28-12-14-31-15-13-28/h6,11,16,20-21H,4-5,7-10,12-15,17H2,1-3H3,(H2,25,26,27). The number of benzene rings is 1. The molecule has 7 heteroatoms. The molecule has 1 heterocycles. The largest absolute Gasteiger partial charge is 0.494 e. The number of nitrogens with zero attached hydrogens (tertiary/aromatic N) is 2. The first-order valence-electron chi connectivity index (χ1n) is 11.7. The fourth-order valence-electron chi connectivity index (χ4n) is 4.34. The van der Waals surface area contributed by atoms with Crippen LogP contribution < -0.4 is 15.4 Å². The predicted octanol–water partition coefficient (Wildman–Crippen LogP) is 3.58. The van der Waals surface area contributed by atoms with Gasteiger partial charge in [0, 0.05) is 43.1 Å². The summed E-state index contributed by atoms with van der Waals surface area (Å²) in [6, 6.07) is 6.64. The normalized spacial score (nSPS) is 22.2. The smallest absolute Gasteiger partial charge is 0.225 e. The Morgan fingerprint density at radius 1 is 1.19 bits per heavy atom. The average Bonchev–Trinajstić information content (AvgIpc) is 2.80. The van der Waals surface area contributed by atoms with Crippen molar-refractivity contribution < 1.29 is 9.53 Å². The minimum atomic E-state index is 0.201. The van der Waals surface area contributed by atoms with Crippen molar-refractivity contribution in [1.29, 1.82) is 0 Å². The van der Waals surface area contributed by atoms with Gasteiger partial charge in [-0.2, -0.15) is 11.8 Å². The van der Waals surface area contributed by atoms with Gasteiger partial charge in [-0.1, -0.05) is 12.1 Å². The number of carbonyl (C=O) groups excluding carboxylic acids is 1. The summed E-state index contributed by atoms with van der Waals surface area (Å²) >= 11 is 1.95. The summed E-state index contributed by atoms with van der Waals surface area (Å²) in [7, 11) is 0. The molecule has 1 aromatic rings. The number of aryl methyl sites for hydroxylation is 1. The lowest BCUT2D eigenvalue weighted by atomic mass is 9.85. The molecule has 0 radical (unpaired) electrons. The third-order valence-electron chi connectivity index (χ3n) is 6.04. The lowest BCUT2D eigenvalue weighted by Crippen LogP contribution is -2.47. The molecule has 1 aliphatic heterocycles. The fourth-order valence-corrected chi connectivity index (χ4v) is 5.24. The Labute approximate surface area is 191 Å². The van der Waals surface area contributed by atoms with Crippen LogP contribution in [-0.2, 0) is 11.3 Å². The van der Waals surface area contributed by atoms with Crippen LogP contribution in [0.4, 0.5) is 0 Å². The van der Waals surface area contributed by atoms with E-state index in [1.807, 2.05) is 24.8 Å². The van der Waals surface area contributed by atoms with Crippen LogP contribution in [0.25, 0.3) is 0 Å². The minimum absolute atomic E-state index is 0.201. The molecule has 6 nitrogen and oxygen atoms in total. The first-order valence-corrected chi connectivity index (χ1v) is 12.9. The Kier molecular flexibility index (Phi) is 9.37. The van der Waals surface area contributed by atoms with E-state index in [-0.39, 0.29) is 5.92 Å². The number of nitrogens with one attached hydrogen (secondary N) is 2. The highest BCUT2D eigenvalue weighted by Crippen LogP contribution is 2.27. The van der Waals surface area contributed by atoms with Gasteiger partial charge in [-0.25, -0.2) is 4.99 Å². The van der Waals surface area contributed by atoms with E-state index < -0.39 is 0 Å². The molecule has 1 aromatic carbocycles. The Hall–Kier alpha value is -1.89. The van der Waals surface area contributed by atoms with Gasteiger partial charge in [-0.05, 0) is 63.6 Å². The number of hydrogen-bond donors (Lipinski definition) is 2. The first-order chi connectivity index (χ1) is 15.1. The molecule has 2 aliphatic rings. The summed E-state index contributed by atoms with van der Waals surface area (Å²) in [6.45, 7) is 10.1. The van der Waals surface area contributed by atoms with E-state index in [4.69, 9.17) is 9.73 Å². The molecule has 1 amide bonds. The fraction of sp³-hybridized carbons (Fsp3) is 0.667. The number of amides is 1. The lowest BCUT2D eigenvalue weighted by Gasteiger charge is -2.34. The third-order valence-corrected chi connectivity index (χ3v) is 6.99. The molecule has 0 aromatic heterocycles. The van der Waals surface area contributed by atoms with E-state index in [0.717, 1.165) is 74.1 Å². The number of rotatable bonds is 7. The van der Waals surface area contributed by atoms with Crippen molar-refractivity contribution in [1.82, 2.24) is 15.5 Å². The number of hydrogen-bond acceptors (Lipinski definition) is 4. The molecular formula is C24H38N4O2S. The van der Waals surface area contributed by atoms with E-state index in [2.05, 4.69) is 41.5 Å². The number of guanidine groups is 1. The summed E-state index contributed by atoms with van der Waals surface area (Å²) in [6.07, 6.45) is 3.98. The van der Waals surface area contributed by atoms with E-state index in [1.165, 1.54) is 5.56 Å². The van der Waals surface area contributed by atoms with Crippen molar-refractivity contribution >= 4 is 23.6 Å². The maximum Gasteiger partial charge on any atom is 0.225 e. The van der Waals surface area contributed by atoms with Crippen LogP contribution in [0.2, 0.25) is 0 Å². The zero-order valence-corrected chi connectivity index (χ0v) is 20.1. The van der Waals surface area contributed by atoms with Gasteiger partial charge in [-0.15, -0.1) is 0 Å². The molecule has 2 N–H and O–H groups in total. The van der Waals surface area contributed by atoms with Crippen molar-refractivity contribution in [3.05, 3.63) is 29.3 Å². The highest BCUT2D eigenvalue weighted by atomic mass is 32.2. The van der Waals surface area contributed by atoms with Crippen LogP contribution in [0, 0.1) is 12.8 Å². The molecule has 1 saturated carbocycles. The molecule has 2 fully saturated rings. The second-order valence-electron chi connectivity index (χ2n) is 8.36. The van der Waals surface area contributed by atoms with Crippen molar-refractivity contribution in [3.8, 4) is 5.75 Å². The quantitative estimate of drug-likeness (QED) is 0.495. The Bertz CT molecular complexity index is 741. The van der Waals surface area contributed by atoms with Gasteiger partial charge in [-0.3, -0.25) is 4.79 Å². The predicted molar refractivity (Wildman–Crippen MR) is 130 cm³/mol. The first kappa shape index (κ1) is 23.8. The van der Waals surface area contributed by atoms with Crippen molar-refractivity contribution in [2.45, 2.75) is 59.0 Å². The van der Waals surface area contributed by atoms with Crippen molar-refractivity contribution in [3.63, 3.8) is 0 Å². The molecular weight excluding hydrogens is 408 g/mol. The van der Waals surface area contributed by atoms with Crippen molar-refractivity contribution in [2.24, 2.45) is 10.9 Å². The van der Waals surface area contributed by atoms with E-state index >= 15 is 0 Å². The van der Waals surface area contributed by atoms with E-state index in [9.17, 15) is 4.79 Å². The molecule has 0 spiro atoms. The second kappa shape index (κ2) is 12.2. The average molecular weight is 447 g/mol. The monoisotopic (exact) mass is 446 g/mol. The number of thioether (sulfide) groups is 1. The van der Waals surface area contributed by atoms with Crippen molar-refractivity contribution in [2.75, 3.05) is 37.7 Å². The maximum absolute atomic E-state index is 12.8. The lowest BCUT2D eigenvalue weighted by molar-refractivity contribution is -0.136. The minimum Gasteiger partial charge on any atom is -0.494 e. The number of carbonyl (C=O) groups is 1. The highest BCUT2D eigenvalue weighted by molar-refractivity contribution is 7.99. The Balaban J connectivity index is 1.51. The van der Waals surface area contributed by atoms with Gasteiger partial charge in [0.25, 0.3) is 0 Å². The van der Waals surface area contributed by atoms with Crippen LogP contribution in [0.1, 0.15) is 50.7 Å². The molecule has 0 atom stereocenters. The summed E-state index contributed by atoms with van der Waals surface area (Å²) in [4.78, 5) is 19.7. The molecule has 31 heavy (non-hydrogen) atoms. The molecule has 3 rings (SSSR count). The van der Waals surface area contributed by atoms with Gasteiger partial charge in [0.15, 0.2) is 5.96 Å². The topological polar surface area (TPSA) is 66.0 Å². The number of aliphatic imine (C=N–C) groups is 1. The van der Waals surface area contributed by atoms with Crippen LogP contribution in [0.3, 0.4) is 0 Å². The Morgan fingerprint density at radius 3 is 2.58 bits per heavy atom. The molecule has 172 valence electrons. The Morgan fingerprint density at radius 2 is 1.94 bits per heavy atom. The highest BCUT2D eigenvalue weighted by Gasteiger charge is 2.30. The summed E-state index contributed by atoms with van der Waals surface area (Å²) in [5, 5.41) is 6.97. The molecule has 1 aliphatic carbocycles. The zero-order chi connectivity index (χ0) is 22.1. The molecule has 1 saturated heterocycles. The van der Waals surface area contributed by atoms with Crippen LogP contribution in [0.5, 0.6) is 5.75 Å². The number of ether oxygens (including phenoxy) is 1. The summed E-state index contributed by atoms with van der Waals surface area (Å²) in [5.74, 6) is 4.54. The zero-order valence-electron chi connectivity index (χ0n) is 19.3. The van der Waals surface area contributed by atoms with Crippen LogP contribution >= 0.6 is 11.8 Å². The third kappa shape index (κ3) is 7.06. The molecule has 0 bridgehead atoms. The van der Waals surface area contributed by atoms with E-state index in [0.29, 0.717) is 25.1 Å². The summed E-state index contributed by atoms with van der Waals surface area (Å²) < 4.78 is 5.63. The van der Waals surface area contributed by atoms with Crippen LogP contribution in [0.15, 0.2) is 23.2 Å². The second-order valence-corrected chi connectivity index (χ2v) is 9.58. The SMILES string of the molecule is CCNC(=NCc1ccc(OCC)c(C)c1)NC1CCC(C(=O)N2CCSCC2)CC1. The van der Waals surface area contributed by atoms with Gasteiger partial charge in [0.05, 0.1) is 13.2 Å². The molecule has 0 unspecified atom stereocenters. The summed E-state index contributed by atoms with van der Waals surface area (Å²) in [5.41, 5.74) is 2.31. The van der Waals surface area contributed by atoms with Gasteiger partial charge in [0.1, 0.15) is 5.75 Å². The van der Waals surface area contributed by atoms with Crippen LogP contribution in [-0.4, -0.2) is 60.6 Å². The van der Waals surface area contributed by atoms with E-state index in [1.54, 1.807) is 0 Å².